The van der Waals surface area contributed by atoms with Crippen LogP contribution in [0.5, 0.6) is 0 Å². The summed E-state index contributed by atoms with van der Waals surface area (Å²) in [5, 5.41) is 30.1. The molecule has 0 radical (unpaired) electrons. The molecule has 0 aromatic heterocycles. The zero-order chi connectivity index (χ0) is 17.2. The van der Waals surface area contributed by atoms with Crippen molar-refractivity contribution in [3.05, 3.63) is 0 Å². The minimum Gasteiger partial charge on any atom is -0.427 e. The molecule has 3 fully saturated rings. The molecule has 5 atom stereocenters. The van der Waals surface area contributed by atoms with Crippen molar-refractivity contribution in [2.75, 3.05) is 6.61 Å². The first-order chi connectivity index (χ1) is 11.6. The fourth-order valence-corrected chi connectivity index (χ4v) is 6.37. The molecular formula is C19H36BNO3. The van der Waals surface area contributed by atoms with Gasteiger partial charge >= 0.3 is 7.12 Å². The van der Waals surface area contributed by atoms with E-state index in [0.717, 1.165) is 32.1 Å². The standard InChI is InChI=1S/C19H36BNO3/c1-2-3-4-5-8-15-13-18(20(23)24)17-9-6-7-11-19(17)12-10-16(14-22)21(15)19/h15-18,22-24H,2-14H2,1H3/t15-,16+,17-,18-,19+/m0/s1. The number of aliphatic hydroxyl groups is 1. The minimum absolute atomic E-state index is 0.0233. The summed E-state index contributed by atoms with van der Waals surface area (Å²) < 4.78 is 0. The molecule has 2 saturated heterocycles. The van der Waals surface area contributed by atoms with E-state index in [9.17, 15) is 15.2 Å². The second-order valence-electron chi connectivity index (χ2n) is 8.55. The van der Waals surface area contributed by atoms with Crippen molar-refractivity contribution >= 4 is 7.12 Å². The number of hydrogen-bond donors (Lipinski definition) is 3. The van der Waals surface area contributed by atoms with Crippen molar-refractivity contribution in [2.45, 2.75) is 107 Å². The average molecular weight is 337 g/mol. The topological polar surface area (TPSA) is 63.9 Å². The third kappa shape index (κ3) is 3.29. The molecule has 5 heteroatoms. The molecule has 4 nitrogen and oxygen atoms in total. The lowest BCUT2D eigenvalue weighted by Crippen LogP contribution is -2.64. The molecule has 138 valence electrons. The SMILES string of the molecule is CCCCCC[C@H]1C[C@H](B(O)O)[C@@H]2CCCC[C@@]23CC[C@H](CO)N13. The summed E-state index contributed by atoms with van der Waals surface area (Å²) >= 11 is 0. The van der Waals surface area contributed by atoms with Crippen LogP contribution in [0.15, 0.2) is 0 Å². The van der Waals surface area contributed by atoms with Gasteiger partial charge in [-0.05, 0) is 50.3 Å². The van der Waals surface area contributed by atoms with Gasteiger partial charge in [-0.2, -0.15) is 0 Å². The second kappa shape index (κ2) is 8.07. The normalized spacial score (nSPS) is 39.5. The first kappa shape index (κ1) is 18.7. The van der Waals surface area contributed by atoms with Crippen molar-refractivity contribution in [3.8, 4) is 0 Å². The monoisotopic (exact) mass is 337 g/mol. The molecule has 1 spiro atoms. The maximum Gasteiger partial charge on any atom is 0.455 e. The average Bonchev–Trinajstić information content (AvgIpc) is 2.96. The van der Waals surface area contributed by atoms with E-state index in [0.29, 0.717) is 18.0 Å². The Hall–Kier alpha value is -0.0951. The molecule has 24 heavy (non-hydrogen) atoms. The van der Waals surface area contributed by atoms with Gasteiger partial charge in [-0.15, -0.1) is 0 Å². The lowest BCUT2D eigenvalue weighted by molar-refractivity contribution is -0.0739. The van der Waals surface area contributed by atoms with Gasteiger partial charge < -0.3 is 15.2 Å². The first-order valence-electron chi connectivity index (χ1n) is 10.4. The lowest BCUT2D eigenvalue weighted by Gasteiger charge is -2.59. The predicted octanol–water partition coefficient (Wildman–Crippen LogP) is 2.96. The zero-order valence-electron chi connectivity index (χ0n) is 15.4. The van der Waals surface area contributed by atoms with Crippen molar-refractivity contribution in [3.63, 3.8) is 0 Å². The fourth-order valence-electron chi connectivity index (χ4n) is 6.37. The predicted molar refractivity (Wildman–Crippen MR) is 97.7 cm³/mol. The maximum atomic E-state index is 10.1. The van der Waals surface area contributed by atoms with Gasteiger partial charge in [0.15, 0.2) is 0 Å². The van der Waals surface area contributed by atoms with Crippen LogP contribution in [0.4, 0.5) is 0 Å². The van der Waals surface area contributed by atoms with E-state index in [4.69, 9.17) is 0 Å². The maximum absolute atomic E-state index is 10.1. The molecule has 2 aliphatic heterocycles. The van der Waals surface area contributed by atoms with E-state index in [-0.39, 0.29) is 18.0 Å². The molecule has 0 bridgehead atoms. The Kier molecular flexibility index (Phi) is 6.28. The van der Waals surface area contributed by atoms with Gasteiger partial charge in [0.2, 0.25) is 0 Å². The fraction of sp³-hybridized carbons (Fsp3) is 1.00. The highest BCUT2D eigenvalue weighted by atomic mass is 16.4. The van der Waals surface area contributed by atoms with Gasteiger partial charge in [-0.25, -0.2) is 0 Å². The third-order valence-corrected chi connectivity index (χ3v) is 7.32. The Morgan fingerprint density at radius 2 is 1.88 bits per heavy atom. The zero-order valence-corrected chi connectivity index (χ0v) is 15.4. The summed E-state index contributed by atoms with van der Waals surface area (Å²) in [4.78, 5) is 2.68. The number of unbranched alkanes of at least 4 members (excludes halogenated alkanes) is 3. The van der Waals surface area contributed by atoms with Crippen molar-refractivity contribution in [1.82, 2.24) is 4.90 Å². The second-order valence-corrected chi connectivity index (χ2v) is 8.55. The number of nitrogens with zero attached hydrogens (tertiary/aromatic N) is 1. The number of aliphatic hydroxyl groups excluding tert-OH is 1. The van der Waals surface area contributed by atoms with Crippen LogP contribution < -0.4 is 0 Å². The van der Waals surface area contributed by atoms with E-state index in [1.807, 2.05) is 0 Å². The van der Waals surface area contributed by atoms with Crippen LogP contribution in [-0.4, -0.2) is 51.4 Å². The largest absolute Gasteiger partial charge is 0.455 e. The summed E-state index contributed by atoms with van der Waals surface area (Å²) in [5.41, 5.74) is 0.133. The summed E-state index contributed by atoms with van der Waals surface area (Å²) in [7, 11) is -1.18. The highest BCUT2D eigenvalue weighted by molar-refractivity contribution is 6.43. The molecule has 3 rings (SSSR count). The Labute approximate surface area is 147 Å². The summed E-state index contributed by atoms with van der Waals surface area (Å²) in [6.45, 7) is 2.49. The van der Waals surface area contributed by atoms with Gasteiger partial charge in [0.25, 0.3) is 0 Å². The lowest BCUT2D eigenvalue weighted by atomic mass is 9.51. The first-order valence-corrected chi connectivity index (χ1v) is 10.4. The smallest absolute Gasteiger partial charge is 0.427 e. The number of piperidine rings is 1. The Balaban J connectivity index is 1.82. The molecular weight excluding hydrogens is 301 g/mol. The third-order valence-electron chi connectivity index (χ3n) is 7.32. The Bertz CT molecular complexity index is 408. The van der Waals surface area contributed by atoms with Crippen LogP contribution in [-0.2, 0) is 0 Å². The molecule has 2 heterocycles. The molecule has 1 aliphatic carbocycles. The quantitative estimate of drug-likeness (QED) is 0.494. The highest BCUT2D eigenvalue weighted by Gasteiger charge is 2.60. The van der Waals surface area contributed by atoms with Gasteiger partial charge in [-0.1, -0.05) is 45.4 Å². The van der Waals surface area contributed by atoms with Crippen LogP contribution in [0.1, 0.15) is 84.0 Å². The molecule has 3 N–H and O–H groups in total. The van der Waals surface area contributed by atoms with E-state index in [2.05, 4.69) is 11.8 Å². The van der Waals surface area contributed by atoms with Crippen LogP contribution in [0.2, 0.25) is 5.82 Å². The Morgan fingerprint density at radius 3 is 2.58 bits per heavy atom. The summed E-state index contributed by atoms with van der Waals surface area (Å²) in [6.07, 6.45) is 14.1. The van der Waals surface area contributed by atoms with Gasteiger partial charge in [-0.3, -0.25) is 4.90 Å². The molecule has 0 aromatic carbocycles. The molecule has 0 unspecified atom stereocenters. The van der Waals surface area contributed by atoms with E-state index in [1.165, 1.54) is 44.9 Å². The van der Waals surface area contributed by atoms with Gasteiger partial charge in [0.05, 0.1) is 6.61 Å². The summed E-state index contributed by atoms with van der Waals surface area (Å²) in [6, 6.07) is 0.709. The van der Waals surface area contributed by atoms with Crippen LogP contribution >= 0.6 is 0 Å². The minimum atomic E-state index is -1.18. The summed E-state index contributed by atoms with van der Waals surface area (Å²) in [5.74, 6) is 0.421. The highest BCUT2D eigenvalue weighted by Crippen LogP contribution is 2.58. The van der Waals surface area contributed by atoms with Crippen LogP contribution in [0, 0.1) is 5.92 Å². The molecule has 0 amide bonds. The van der Waals surface area contributed by atoms with E-state index >= 15 is 0 Å². The molecule has 0 aromatic rings. The van der Waals surface area contributed by atoms with Crippen LogP contribution in [0.3, 0.4) is 0 Å². The van der Waals surface area contributed by atoms with Gasteiger partial charge in [0, 0.05) is 17.6 Å². The van der Waals surface area contributed by atoms with E-state index < -0.39 is 7.12 Å². The van der Waals surface area contributed by atoms with Crippen LogP contribution in [0.25, 0.3) is 0 Å². The van der Waals surface area contributed by atoms with Crippen molar-refractivity contribution in [1.29, 1.82) is 0 Å². The molecule has 1 saturated carbocycles. The Morgan fingerprint density at radius 1 is 1.04 bits per heavy atom. The van der Waals surface area contributed by atoms with Crippen molar-refractivity contribution < 1.29 is 15.2 Å². The van der Waals surface area contributed by atoms with E-state index in [1.54, 1.807) is 0 Å². The van der Waals surface area contributed by atoms with Crippen molar-refractivity contribution in [2.24, 2.45) is 5.92 Å². The number of rotatable bonds is 7. The number of hydrogen-bond acceptors (Lipinski definition) is 4. The van der Waals surface area contributed by atoms with Gasteiger partial charge in [0.1, 0.15) is 0 Å². The molecule has 3 aliphatic rings.